The Labute approximate surface area is 182 Å². The molecule has 1 N–H and O–H groups in total. The predicted octanol–water partition coefficient (Wildman–Crippen LogP) is 4.86. The van der Waals surface area contributed by atoms with E-state index in [9.17, 15) is 18.4 Å². The fourth-order valence-electron chi connectivity index (χ4n) is 3.16. The Bertz CT molecular complexity index is 1290. The fraction of sp³-hybridized carbons (Fsp3) is 0.0417. The highest BCUT2D eigenvalue weighted by atomic mass is 19.1. The van der Waals surface area contributed by atoms with Crippen LogP contribution in [0, 0.1) is 11.6 Å². The van der Waals surface area contributed by atoms with E-state index in [4.69, 9.17) is 0 Å². The van der Waals surface area contributed by atoms with Gasteiger partial charge in [-0.05, 0) is 18.2 Å². The Morgan fingerprint density at radius 3 is 2.22 bits per heavy atom. The lowest BCUT2D eigenvalue weighted by Crippen LogP contribution is -2.15. The molecular formula is C24H17F2N3O3. The number of carbonyl (C=O) groups excluding carboxylic acids is 2. The molecule has 0 spiro atoms. The van der Waals surface area contributed by atoms with Gasteiger partial charge in [-0.2, -0.15) is 5.10 Å². The van der Waals surface area contributed by atoms with Crippen LogP contribution in [0.1, 0.15) is 20.7 Å². The number of amides is 1. The van der Waals surface area contributed by atoms with E-state index in [0.717, 1.165) is 18.9 Å². The van der Waals surface area contributed by atoms with Crippen LogP contribution >= 0.6 is 0 Å². The van der Waals surface area contributed by atoms with Gasteiger partial charge in [-0.1, -0.05) is 48.5 Å². The molecule has 1 heterocycles. The highest BCUT2D eigenvalue weighted by Gasteiger charge is 2.22. The van der Waals surface area contributed by atoms with Crippen molar-refractivity contribution in [1.29, 1.82) is 0 Å². The average Bonchev–Trinajstić information content (AvgIpc) is 3.27. The molecule has 4 rings (SSSR count). The summed E-state index contributed by atoms with van der Waals surface area (Å²) in [6.07, 6.45) is 1.52. The van der Waals surface area contributed by atoms with Crippen LogP contribution in [0.5, 0.6) is 0 Å². The minimum absolute atomic E-state index is 0.170. The van der Waals surface area contributed by atoms with Crippen LogP contribution in [-0.4, -0.2) is 28.8 Å². The zero-order chi connectivity index (χ0) is 22.7. The van der Waals surface area contributed by atoms with E-state index in [0.29, 0.717) is 17.3 Å². The van der Waals surface area contributed by atoms with Crippen LogP contribution in [0.15, 0.2) is 79.0 Å². The molecule has 0 saturated heterocycles. The maximum absolute atomic E-state index is 14.3. The molecule has 1 amide bonds. The molecular weight excluding hydrogens is 416 g/mol. The summed E-state index contributed by atoms with van der Waals surface area (Å²) >= 11 is 0. The molecule has 0 saturated carbocycles. The summed E-state index contributed by atoms with van der Waals surface area (Å²) in [6.45, 7) is 0. The summed E-state index contributed by atoms with van der Waals surface area (Å²) in [7, 11) is 1.08. The number of methoxy groups -OCH3 is 1. The molecule has 160 valence electrons. The number of anilines is 1. The number of para-hydroxylation sites is 1. The van der Waals surface area contributed by atoms with Gasteiger partial charge in [0.25, 0.3) is 5.91 Å². The third kappa shape index (κ3) is 4.11. The normalized spacial score (nSPS) is 10.6. The van der Waals surface area contributed by atoms with Crippen molar-refractivity contribution in [3.63, 3.8) is 0 Å². The van der Waals surface area contributed by atoms with Gasteiger partial charge in [-0.3, -0.25) is 4.79 Å². The number of hydrogen-bond donors (Lipinski definition) is 1. The van der Waals surface area contributed by atoms with Crippen molar-refractivity contribution < 1.29 is 23.1 Å². The molecule has 4 aromatic rings. The molecule has 0 atom stereocenters. The van der Waals surface area contributed by atoms with Crippen molar-refractivity contribution in [2.75, 3.05) is 12.4 Å². The van der Waals surface area contributed by atoms with Gasteiger partial charge >= 0.3 is 5.97 Å². The molecule has 0 fully saturated rings. The quantitative estimate of drug-likeness (QED) is 0.457. The Balaban J connectivity index is 1.76. The maximum atomic E-state index is 14.3. The lowest BCUT2D eigenvalue weighted by atomic mass is 10.1. The molecule has 1 aromatic heterocycles. The fourth-order valence-corrected chi connectivity index (χ4v) is 3.16. The zero-order valence-electron chi connectivity index (χ0n) is 16.9. The van der Waals surface area contributed by atoms with Crippen LogP contribution < -0.4 is 5.32 Å². The number of hydrogen-bond acceptors (Lipinski definition) is 4. The first kappa shape index (κ1) is 20.9. The third-order valence-electron chi connectivity index (χ3n) is 4.74. The van der Waals surface area contributed by atoms with Crippen molar-refractivity contribution in [3.05, 3.63) is 102 Å². The molecule has 0 aliphatic carbocycles. The smallest absolute Gasteiger partial charge is 0.340 e. The first-order chi connectivity index (χ1) is 15.5. The van der Waals surface area contributed by atoms with Gasteiger partial charge in [0, 0.05) is 17.8 Å². The molecule has 0 bridgehead atoms. The summed E-state index contributed by atoms with van der Waals surface area (Å²) in [4.78, 5) is 24.8. The largest absolute Gasteiger partial charge is 0.465 e. The van der Waals surface area contributed by atoms with Crippen molar-refractivity contribution in [2.24, 2.45) is 0 Å². The molecule has 8 heteroatoms. The van der Waals surface area contributed by atoms with E-state index in [1.54, 1.807) is 24.3 Å². The van der Waals surface area contributed by atoms with E-state index in [-0.39, 0.29) is 11.3 Å². The second-order valence-corrected chi connectivity index (χ2v) is 6.80. The number of carbonyl (C=O) groups is 2. The number of halogens is 2. The lowest BCUT2D eigenvalue weighted by Gasteiger charge is -2.09. The number of benzene rings is 3. The number of nitrogens with zero attached hydrogens (tertiary/aromatic N) is 2. The van der Waals surface area contributed by atoms with E-state index in [1.165, 1.54) is 10.9 Å². The second kappa shape index (κ2) is 8.81. The van der Waals surface area contributed by atoms with Gasteiger partial charge in [0.1, 0.15) is 17.3 Å². The monoisotopic (exact) mass is 433 g/mol. The van der Waals surface area contributed by atoms with Crippen LogP contribution in [0.3, 0.4) is 0 Å². The minimum Gasteiger partial charge on any atom is -0.465 e. The van der Waals surface area contributed by atoms with Crippen LogP contribution in [0.2, 0.25) is 0 Å². The van der Waals surface area contributed by atoms with Gasteiger partial charge in [0.2, 0.25) is 0 Å². The summed E-state index contributed by atoms with van der Waals surface area (Å²) < 4.78 is 34.3. The SMILES string of the molecule is COC(=O)c1cc(NC(=O)c2cn(-c3ccccc3)nc2-c2ccccc2)c(F)cc1F. The van der Waals surface area contributed by atoms with Crippen molar-refractivity contribution in [3.8, 4) is 16.9 Å². The summed E-state index contributed by atoms with van der Waals surface area (Å²) in [5, 5.41) is 6.94. The highest BCUT2D eigenvalue weighted by Crippen LogP contribution is 2.26. The van der Waals surface area contributed by atoms with Gasteiger partial charge in [-0.15, -0.1) is 0 Å². The Morgan fingerprint density at radius 2 is 1.56 bits per heavy atom. The van der Waals surface area contributed by atoms with E-state index in [1.807, 2.05) is 36.4 Å². The van der Waals surface area contributed by atoms with Crippen molar-refractivity contribution in [2.45, 2.75) is 0 Å². The Morgan fingerprint density at radius 1 is 0.906 bits per heavy atom. The topological polar surface area (TPSA) is 73.2 Å². The van der Waals surface area contributed by atoms with E-state index >= 15 is 0 Å². The van der Waals surface area contributed by atoms with Gasteiger partial charge in [-0.25, -0.2) is 18.3 Å². The van der Waals surface area contributed by atoms with Gasteiger partial charge < -0.3 is 10.1 Å². The molecule has 0 unspecified atom stereocenters. The minimum atomic E-state index is -1.09. The standard InChI is InChI=1S/C24H17F2N3O3/c1-32-24(31)17-12-21(20(26)13-19(17)25)27-23(30)18-14-29(16-10-6-3-7-11-16)28-22(18)15-8-4-2-5-9-15/h2-14H,1H3,(H,27,30). The van der Waals surface area contributed by atoms with Crippen LogP contribution in [0.25, 0.3) is 16.9 Å². The molecule has 0 aliphatic heterocycles. The summed E-state index contributed by atoms with van der Waals surface area (Å²) in [5.74, 6) is -3.78. The third-order valence-corrected chi connectivity index (χ3v) is 4.74. The van der Waals surface area contributed by atoms with Gasteiger partial charge in [0.05, 0.1) is 29.6 Å². The average molecular weight is 433 g/mol. The first-order valence-corrected chi connectivity index (χ1v) is 9.57. The van der Waals surface area contributed by atoms with E-state index in [2.05, 4.69) is 15.2 Å². The van der Waals surface area contributed by atoms with Crippen molar-refractivity contribution in [1.82, 2.24) is 9.78 Å². The highest BCUT2D eigenvalue weighted by molar-refractivity contribution is 6.08. The molecule has 3 aromatic carbocycles. The lowest BCUT2D eigenvalue weighted by molar-refractivity contribution is 0.0595. The maximum Gasteiger partial charge on any atom is 0.340 e. The molecule has 0 radical (unpaired) electrons. The summed E-state index contributed by atoms with van der Waals surface area (Å²) in [5.41, 5.74) is 1.11. The number of aromatic nitrogens is 2. The second-order valence-electron chi connectivity index (χ2n) is 6.80. The molecule has 32 heavy (non-hydrogen) atoms. The van der Waals surface area contributed by atoms with Crippen LogP contribution in [-0.2, 0) is 4.74 Å². The Kier molecular flexibility index (Phi) is 5.76. The van der Waals surface area contributed by atoms with Crippen molar-refractivity contribution >= 4 is 17.6 Å². The number of rotatable bonds is 5. The number of esters is 1. The van der Waals surface area contributed by atoms with E-state index < -0.39 is 29.1 Å². The first-order valence-electron chi connectivity index (χ1n) is 9.57. The van der Waals surface area contributed by atoms with Gasteiger partial charge in [0.15, 0.2) is 0 Å². The Hall–Kier alpha value is -4.33. The predicted molar refractivity (Wildman–Crippen MR) is 115 cm³/mol. The summed E-state index contributed by atoms with van der Waals surface area (Å²) in [6, 6.07) is 19.6. The number of ether oxygens (including phenoxy) is 1. The molecule has 0 aliphatic rings. The van der Waals surface area contributed by atoms with Crippen LogP contribution in [0.4, 0.5) is 14.5 Å². The zero-order valence-corrected chi connectivity index (χ0v) is 16.9. The molecule has 6 nitrogen and oxygen atoms in total. The number of nitrogens with one attached hydrogen (secondary N) is 1.